The van der Waals surface area contributed by atoms with Crippen molar-refractivity contribution in [1.82, 2.24) is 5.32 Å². The summed E-state index contributed by atoms with van der Waals surface area (Å²) in [5.74, 6) is 2.44. The summed E-state index contributed by atoms with van der Waals surface area (Å²) in [4.78, 5) is 24.8. The van der Waals surface area contributed by atoms with Crippen LogP contribution in [0.4, 0.5) is 0 Å². The Hall–Kier alpha value is -2.24. The summed E-state index contributed by atoms with van der Waals surface area (Å²) >= 11 is 0. The summed E-state index contributed by atoms with van der Waals surface area (Å²) in [6, 6.07) is 7.43. The quantitative estimate of drug-likeness (QED) is 0.533. The molecule has 0 heterocycles. The number of rotatable bonds is 8. The standard InChI is InChI=1S/C23H31NO5/c1-3-27-19-4-6-20(7-5-19)28-8-9-29-21(26)22-11-17-10-18(12-22)14-23(13-17,15-22)24-16(2)25/h4-7,17-18H,3,8-15H2,1-2H3,(H,24,25). The third kappa shape index (κ3) is 4.21. The third-order valence-electron chi connectivity index (χ3n) is 6.66. The highest BCUT2D eigenvalue weighted by Gasteiger charge is 2.61. The Morgan fingerprint density at radius 3 is 2.21 bits per heavy atom. The molecular formula is C23H31NO5. The maximum absolute atomic E-state index is 13.0. The van der Waals surface area contributed by atoms with Crippen molar-refractivity contribution in [2.45, 2.75) is 57.9 Å². The van der Waals surface area contributed by atoms with E-state index in [9.17, 15) is 9.59 Å². The number of carbonyl (C=O) groups excluding carboxylic acids is 2. The molecule has 5 rings (SSSR count). The highest BCUT2D eigenvalue weighted by Crippen LogP contribution is 2.62. The average molecular weight is 402 g/mol. The van der Waals surface area contributed by atoms with Gasteiger partial charge >= 0.3 is 5.97 Å². The van der Waals surface area contributed by atoms with Crippen LogP contribution in [0.2, 0.25) is 0 Å². The lowest BCUT2D eigenvalue weighted by atomic mass is 9.47. The smallest absolute Gasteiger partial charge is 0.312 e. The first-order valence-electron chi connectivity index (χ1n) is 10.7. The summed E-state index contributed by atoms with van der Waals surface area (Å²) < 4.78 is 16.8. The minimum Gasteiger partial charge on any atom is -0.494 e. The molecule has 158 valence electrons. The number of esters is 1. The largest absolute Gasteiger partial charge is 0.494 e. The summed E-state index contributed by atoms with van der Waals surface area (Å²) in [5, 5.41) is 3.19. The van der Waals surface area contributed by atoms with E-state index in [0.717, 1.165) is 37.2 Å². The van der Waals surface area contributed by atoms with Crippen molar-refractivity contribution >= 4 is 11.9 Å². The van der Waals surface area contributed by atoms with Crippen molar-refractivity contribution in [1.29, 1.82) is 0 Å². The second-order valence-corrected chi connectivity index (χ2v) is 9.09. The van der Waals surface area contributed by atoms with Gasteiger partial charge in [-0.1, -0.05) is 0 Å². The number of ether oxygens (including phenoxy) is 3. The van der Waals surface area contributed by atoms with Crippen molar-refractivity contribution in [3.63, 3.8) is 0 Å². The molecule has 0 aliphatic heterocycles. The molecule has 1 N–H and O–H groups in total. The maximum atomic E-state index is 13.0. The van der Waals surface area contributed by atoms with E-state index in [2.05, 4.69) is 5.32 Å². The monoisotopic (exact) mass is 401 g/mol. The van der Waals surface area contributed by atoms with E-state index in [1.54, 1.807) is 6.92 Å². The molecule has 0 saturated heterocycles. The SMILES string of the molecule is CCOc1ccc(OCCOC(=O)C23CC4CC(CC(NC(C)=O)(C4)C2)C3)cc1. The van der Waals surface area contributed by atoms with Gasteiger partial charge in [-0.2, -0.15) is 0 Å². The molecule has 4 aliphatic rings. The lowest BCUT2D eigenvalue weighted by molar-refractivity contribution is -0.176. The first kappa shape index (κ1) is 20.0. The second-order valence-electron chi connectivity index (χ2n) is 9.09. The molecule has 4 bridgehead atoms. The summed E-state index contributed by atoms with van der Waals surface area (Å²) in [6.07, 6.45) is 5.67. The van der Waals surface area contributed by atoms with Crippen molar-refractivity contribution in [2.24, 2.45) is 17.3 Å². The Morgan fingerprint density at radius 2 is 1.62 bits per heavy atom. The van der Waals surface area contributed by atoms with Crippen LogP contribution in [0.3, 0.4) is 0 Å². The van der Waals surface area contributed by atoms with Crippen LogP contribution in [0, 0.1) is 17.3 Å². The number of benzene rings is 1. The van der Waals surface area contributed by atoms with Crippen LogP contribution < -0.4 is 14.8 Å². The van der Waals surface area contributed by atoms with Gasteiger partial charge in [0.2, 0.25) is 5.91 Å². The van der Waals surface area contributed by atoms with Gasteiger partial charge < -0.3 is 19.5 Å². The van der Waals surface area contributed by atoms with Gasteiger partial charge in [0.05, 0.1) is 12.0 Å². The number of hydrogen-bond acceptors (Lipinski definition) is 5. The third-order valence-corrected chi connectivity index (χ3v) is 6.66. The summed E-state index contributed by atoms with van der Waals surface area (Å²) in [7, 11) is 0. The first-order valence-corrected chi connectivity index (χ1v) is 10.7. The first-order chi connectivity index (χ1) is 13.9. The molecule has 1 amide bonds. The lowest BCUT2D eigenvalue weighted by Crippen LogP contribution is -2.64. The molecule has 6 heteroatoms. The zero-order valence-corrected chi connectivity index (χ0v) is 17.4. The number of hydrogen-bond donors (Lipinski definition) is 1. The van der Waals surface area contributed by atoms with Crippen LogP contribution in [0.1, 0.15) is 52.4 Å². The molecule has 2 atom stereocenters. The normalized spacial score (nSPS) is 31.9. The molecule has 29 heavy (non-hydrogen) atoms. The maximum Gasteiger partial charge on any atom is 0.312 e. The van der Waals surface area contributed by atoms with Crippen LogP contribution in [0.15, 0.2) is 24.3 Å². The highest BCUT2D eigenvalue weighted by atomic mass is 16.6. The Labute approximate surface area is 172 Å². The molecule has 4 saturated carbocycles. The van der Waals surface area contributed by atoms with Gasteiger partial charge in [-0.3, -0.25) is 9.59 Å². The van der Waals surface area contributed by atoms with Crippen molar-refractivity contribution in [3.8, 4) is 11.5 Å². The van der Waals surface area contributed by atoms with E-state index in [4.69, 9.17) is 14.2 Å². The molecule has 0 spiro atoms. The van der Waals surface area contributed by atoms with Gasteiger partial charge in [-0.05, 0) is 81.5 Å². The Kier molecular flexibility index (Phi) is 5.45. The number of carbonyl (C=O) groups is 2. The fourth-order valence-electron chi connectivity index (χ4n) is 6.27. The van der Waals surface area contributed by atoms with Crippen molar-refractivity contribution in [3.05, 3.63) is 24.3 Å². The molecule has 1 aromatic rings. The fraction of sp³-hybridized carbons (Fsp3) is 0.652. The van der Waals surface area contributed by atoms with Gasteiger partial charge in [-0.25, -0.2) is 0 Å². The van der Waals surface area contributed by atoms with Gasteiger partial charge in [-0.15, -0.1) is 0 Å². The van der Waals surface area contributed by atoms with Crippen LogP contribution in [0.5, 0.6) is 11.5 Å². The van der Waals surface area contributed by atoms with E-state index in [0.29, 0.717) is 31.5 Å². The van der Waals surface area contributed by atoms with Crippen LogP contribution in [0.25, 0.3) is 0 Å². The molecule has 0 radical (unpaired) electrons. The van der Waals surface area contributed by atoms with Gasteiger partial charge in [0, 0.05) is 12.5 Å². The average Bonchev–Trinajstić information content (AvgIpc) is 2.64. The highest BCUT2D eigenvalue weighted by molar-refractivity contribution is 5.79. The molecule has 4 aliphatic carbocycles. The predicted octanol–water partition coefficient (Wildman–Crippen LogP) is 3.48. The topological polar surface area (TPSA) is 73.9 Å². The summed E-state index contributed by atoms with van der Waals surface area (Å²) in [5.41, 5.74) is -0.653. The van der Waals surface area contributed by atoms with Crippen molar-refractivity contribution in [2.75, 3.05) is 19.8 Å². The molecule has 0 aromatic heterocycles. The zero-order valence-electron chi connectivity index (χ0n) is 17.4. The number of nitrogens with one attached hydrogen (secondary N) is 1. The second kappa shape index (κ2) is 7.88. The van der Waals surface area contributed by atoms with E-state index >= 15 is 0 Å². The van der Waals surface area contributed by atoms with Gasteiger partial charge in [0.15, 0.2) is 0 Å². The molecular weight excluding hydrogens is 370 g/mol. The van der Waals surface area contributed by atoms with Crippen LogP contribution in [-0.4, -0.2) is 37.2 Å². The molecule has 2 unspecified atom stereocenters. The van der Waals surface area contributed by atoms with Gasteiger partial charge in [0.25, 0.3) is 0 Å². The summed E-state index contributed by atoms with van der Waals surface area (Å²) in [6.45, 7) is 4.70. The lowest BCUT2D eigenvalue weighted by Gasteiger charge is -2.60. The zero-order chi connectivity index (χ0) is 20.5. The van der Waals surface area contributed by atoms with E-state index < -0.39 is 5.41 Å². The van der Waals surface area contributed by atoms with Crippen molar-refractivity contribution < 1.29 is 23.8 Å². The Morgan fingerprint density at radius 1 is 1.00 bits per heavy atom. The Bertz CT molecular complexity index is 745. The molecule has 1 aromatic carbocycles. The van der Waals surface area contributed by atoms with Crippen LogP contribution in [-0.2, 0) is 14.3 Å². The fourth-order valence-corrected chi connectivity index (χ4v) is 6.27. The van der Waals surface area contributed by atoms with E-state index in [1.807, 2.05) is 31.2 Å². The minimum atomic E-state index is -0.439. The predicted molar refractivity (Wildman–Crippen MR) is 108 cm³/mol. The molecule has 6 nitrogen and oxygen atoms in total. The van der Waals surface area contributed by atoms with Gasteiger partial charge in [0.1, 0.15) is 24.7 Å². The number of amides is 1. The molecule has 4 fully saturated rings. The van der Waals surface area contributed by atoms with E-state index in [1.165, 1.54) is 6.42 Å². The van der Waals surface area contributed by atoms with E-state index in [-0.39, 0.29) is 24.0 Å². The van der Waals surface area contributed by atoms with Crippen LogP contribution >= 0.6 is 0 Å². The Balaban J connectivity index is 1.31. The minimum absolute atomic E-state index is 0.000720.